The lowest BCUT2D eigenvalue weighted by Gasteiger charge is -2.25. The largest absolute Gasteiger partial charge is 0.393 e. The molecule has 1 fully saturated rings. The van der Waals surface area contributed by atoms with E-state index < -0.39 is 0 Å². The smallest absolute Gasteiger partial charge is 0.0543 e. The summed E-state index contributed by atoms with van der Waals surface area (Å²) in [5, 5.41) is 12.9. The molecule has 2 N–H and O–H groups in total. The first-order valence-corrected chi connectivity index (χ1v) is 5.61. The van der Waals surface area contributed by atoms with Crippen molar-refractivity contribution in [2.75, 3.05) is 13.1 Å². The van der Waals surface area contributed by atoms with E-state index in [1.165, 1.54) is 12.8 Å². The highest BCUT2D eigenvalue weighted by Gasteiger charge is 2.19. The van der Waals surface area contributed by atoms with Gasteiger partial charge in [0.1, 0.15) is 0 Å². The van der Waals surface area contributed by atoms with Crippen LogP contribution >= 0.6 is 0 Å². The minimum atomic E-state index is -0.0500. The molecule has 0 radical (unpaired) electrons. The zero-order chi connectivity index (χ0) is 10.2. The van der Waals surface area contributed by atoms with Crippen LogP contribution in [0, 0.1) is 17.8 Å². The summed E-state index contributed by atoms with van der Waals surface area (Å²) in [5.74, 6) is 6.59. The van der Waals surface area contributed by atoms with E-state index in [-0.39, 0.29) is 6.10 Å². The van der Waals surface area contributed by atoms with Crippen LogP contribution in [0.1, 0.15) is 39.0 Å². The second-order valence-corrected chi connectivity index (χ2v) is 4.07. The van der Waals surface area contributed by atoms with Crippen LogP contribution in [0.5, 0.6) is 0 Å². The van der Waals surface area contributed by atoms with Gasteiger partial charge in [0.15, 0.2) is 0 Å². The first kappa shape index (κ1) is 11.6. The van der Waals surface area contributed by atoms with E-state index in [2.05, 4.69) is 17.2 Å². The zero-order valence-electron chi connectivity index (χ0n) is 9.05. The Balaban J connectivity index is 2.02. The van der Waals surface area contributed by atoms with Gasteiger partial charge in [-0.15, -0.1) is 11.8 Å². The van der Waals surface area contributed by atoms with Crippen LogP contribution < -0.4 is 5.32 Å². The van der Waals surface area contributed by atoms with Crippen molar-refractivity contribution in [1.82, 2.24) is 5.32 Å². The van der Waals surface area contributed by atoms with Crippen LogP contribution in [0.15, 0.2) is 0 Å². The van der Waals surface area contributed by atoms with Crippen molar-refractivity contribution < 1.29 is 5.11 Å². The van der Waals surface area contributed by atoms with E-state index in [9.17, 15) is 5.11 Å². The van der Waals surface area contributed by atoms with Crippen molar-refractivity contribution >= 4 is 0 Å². The minimum Gasteiger partial charge on any atom is -0.393 e. The number of hydrogen-bond donors (Lipinski definition) is 2. The van der Waals surface area contributed by atoms with E-state index in [4.69, 9.17) is 0 Å². The number of nitrogens with one attached hydrogen (secondary N) is 1. The van der Waals surface area contributed by atoms with Crippen LogP contribution in [0.3, 0.4) is 0 Å². The Morgan fingerprint density at radius 1 is 1.43 bits per heavy atom. The molecular formula is C12H21NO. The second kappa shape index (κ2) is 6.86. The standard InChI is InChI=1S/C12H21NO/c1-2-3-4-8-13-10-11-6-5-7-12(14)9-11/h11-14H,4-10H2,1H3. The Morgan fingerprint density at radius 2 is 2.29 bits per heavy atom. The number of rotatable bonds is 4. The van der Waals surface area contributed by atoms with Gasteiger partial charge in [-0.1, -0.05) is 6.42 Å². The molecule has 0 heterocycles. The van der Waals surface area contributed by atoms with Crippen LogP contribution in [0.25, 0.3) is 0 Å². The summed E-state index contributed by atoms with van der Waals surface area (Å²) in [4.78, 5) is 0. The van der Waals surface area contributed by atoms with Crippen molar-refractivity contribution in [3.63, 3.8) is 0 Å². The van der Waals surface area contributed by atoms with Gasteiger partial charge in [-0.3, -0.25) is 0 Å². The molecule has 1 aliphatic rings. The van der Waals surface area contributed by atoms with Crippen molar-refractivity contribution in [1.29, 1.82) is 0 Å². The molecule has 0 aromatic heterocycles. The Hall–Kier alpha value is -0.520. The van der Waals surface area contributed by atoms with Gasteiger partial charge in [0.2, 0.25) is 0 Å². The lowest BCUT2D eigenvalue weighted by Crippen LogP contribution is -2.29. The number of aliphatic hydroxyl groups is 1. The molecule has 0 amide bonds. The normalized spacial score (nSPS) is 26.7. The molecule has 2 unspecified atom stereocenters. The third kappa shape index (κ3) is 4.64. The quantitative estimate of drug-likeness (QED) is 0.527. The molecule has 14 heavy (non-hydrogen) atoms. The summed E-state index contributed by atoms with van der Waals surface area (Å²) in [7, 11) is 0. The molecule has 80 valence electrons. The molecule has 2 nitrogen and oxygen atoms in total. The highest BCUT2D eigenvalue weighted by molar-refractivity contribution is 4.95. The van der Waals surface area contributed by atoms with E-state index in [0.29, 0.717) is 5.92 Å². The van der Waals surface area contributed by atoms with Gasteiger partial charge in [-0.25, -0.2) is 0 Å². The molecule has 0 spiro atoms. The summed E-state index contributed by atoms with van der Waals surface area (Å²) < 4.78 is 0. The minimum absolute atomic E-state index is 0.0500. The van der Waals surface area contributed by atoms with Crippen LogP contribution in [-0.4, -0.2) is 24.3 Å². The van der Waals surface area contributed by atoms with Crippen LogP contribution in [0.4, 0.5) is 0 Å². The predicted molar refractivity (Wildman–Crippen MR) is 58.9 cm³/mol. The Kier molecular flexibility index (Phi) is 5.66. The molecular weight excluding hydrogens is 174 g/mol. The topological polar surface area (TPSA) is 32.3 Å². The van der Waals surface area contributed by atoms with Crippen molar-refractivity contribution in [2.24, 2.45) is 5.92 Å². The summed E-state index contributed by atoms with van der Waals surface area (Å²) in [5.41, 5.74) is 0. The van der Waals surface area contributed by atoms with Crippen LogP contribution in [-0.2, 0) is 0 Å². The molecule has 2 atom stereocenters. The van der Waals surface area contributed by atoms with E-state index in [1.807, 2.05) is 6.92 Å². The Morgan fingerprint density at radius 3 is 3.00 bits per heavy atom. The third-order valence-corrected chi connectivity index (χ3v) is 2.79. The van der Waals surface area contributed by atoms with Gasteiger partial charge in [0.05, 0.1) is 6.10 Å². The van der Waals surface area contributed by atoms with Crippen molar-refractivity contribution in [3.05, 3.63) is 0 Å². The van der Waals surface area contributed by atoms with Gasteiger partial charge in [-0.2, -0.15) is 0 Å². The lowest BCUT2D eigenvalue weighted by molar-refractivity contribution is 0.101. The predicted octanol–water partition coefficient (Wildman–Crippen LogP) is 1.54. The fourth-order valence-corrected chi connectivity index (χ4v) is 2.03. The molecule has 0 aromatic carbocycles. The van der Waals surface area contributed by atoms with Gasteiger partial charge < -0.3 is 10.4 Å². The fourth-order valence-electron chi connectivity index (χ4n) is 2.03. The summed E-state index contributed by atoms with van der Waals surface area (Å²) in [6.07, 6.45) is 5.31. The molecule has 0 aliphatic heterocycles. The second-order valence-electron chi connectivity index (χ2n) is 4.07. The molecule has 2 heteroatoms. The summed E-state index contributed by atoms with van der Waals surface area (Å²) in [6, 6.07) is 0. The first-order chi connectivity index (χ1) is 6.83. The highest BCUT2D eigenvalue weighted by atomic mass is 16.3. The average molecular weight is 195 g/mol. The Labute approximate surface area is 87.1 Å². The summed E-state index contributed by atoms with van der Waals surface area (Å²) >= 11 is 0. The van der Waals surface area contributed by atoms with Gasteiger partial charge in [0, 0.05) is 13.0 Å². The van der Waals surface area contributed by atoms with E-state index in [1.54, 1.807) is 0 Å². The van der Waals surface area contributed by atoms with E-state index >= 15 is 0 Å². The van der Waals surface area contributed by atoms with Gasteiger partial charge >= 0.3 is 0 Å². The molecule has 0 saturated heterocycles. The zero-order valence-corrected chi connectivity index (χ0v) is 9.05. The van der Waals surface area contributed by atoms with Crippen molar-refractivity contribution in [3.8, 4) is 11.8 Å². The van der Waals surface area contributed by atoms with Gasteiger partial charge in [-0.05, 0) is 38.6 Å². The lowest BCUT2D eigenvalue weighted by atomic mass is 9.87. The van der Waals surface area contributed by atoms with Crippen LogP contribution in [0.2, 0.25) is 0 Å². The summed E-state index contributed by atoms with van der Waals surface area (Å²) in [6.45, 7) is 3.90. The van der Waals surface area contributed by atoms with Crippen molar-refractivity contribution in [2.45, 2.75) is 45.1 Å². The number of hydrogen-bond acceptors (Lipinski definition) is 2. The third-order valence-electron chi connectivity index (χ3n) is 2.79. The molecule has 1 rings (SSSR count). The maximum atomic E-state index is 9.47. The van der Waals surface area contributed by atoms with Gasteiger partial charge in [0.25, 0.3) is 0 Å². The Bertz CT molecular complexity index is 204. The molecule has 1 saturated carbocycles. The monoisotopic (exact) mass is 195 g/mol. The average Bonchev–Trinajstić information content (AvgIpc) is 2.18. The fraction of sp³-hybridized carbons (Fsp3) is 0.833. The van der Waals surface area contributed by atoms with E-state index in [0.717, 1.165) is 32.4 Å². The maximum Gasteiger partial charge on any atom is 0.0543 e. The SMILES string of the molecule is CC#CCCNCC1CCCC(O)C1. The molecule has 0 aromatic rings. The highest BCUT2D eigenvalue weighted by Crippen LogP contribution is 2.23. The first-order valence-electron chi connectivity index (χ1n) is 5.61. The molecule has 0 bridgehead atoms. The maximum absolute atomic E-state index is 9.47. The number of aliphatic hydroxyl groups excluding tert-OH is 1. The molecule has 1 aliphatic carbocycles.